The molecule has 0 aliphatic carbocycles. The van der Waals surface area contributed by atoms with Crippen molar-refractivity contribution >= 4 is 40.6 Å². The third-order valence-corrected chi connectivity index (χ3v) is 4.77. The first kappa shape index (κ1) is 17.1. The lowest BCUT2D eigenvalue weighted by Crippen LogP contribution is -2.19. The molecule has 0 aliphatic rings. The van der Waals surface area contributed by atoms with Crippen LogP contribution >= 0.6 is 23.1 Å². The van der Waals surface area contributed by atoms with Crippen molar-refractivity contribution in [3.8, 4) is 11.5 Å². The third-order valence-electron chi connectivity index (χ3n) is 2.74. The zero-order chi connectivity index (χ0) is 17.0. The molecular weight excluding hydrogens is 338 g/mol. The number of carbonyl (C=O) groups is 2. The van der Waals surface area contributed by atoms with Crippen LogP contribution in [-0.2, 0) is 16.0 Å². The van der Waals surface area contributed by atoms with Crippen molar-refractivity contribution < 1.29 is 19.8 Å². The zero-order valence-corrected chi connectivity index (χ0v) is 14.0. The molecule has 0 saturated heterocycles. The maximum atomic E-state index is 11.3. The van der Waals surface area contributed by atoms with Gasteiger partial charge < -0.3 is 20.8 Å². The highest BCUT2D eigenvalue weighted by molar-refractivity contribution is 8.01. The summed E-state index contributed by atoms with van der Waals surface area (Å²) in [5.74, 6) is -0.715. The molecule has 2 amide bonds. The number of nitrogens with one attached hydrogen (secondary N) is 2. The molecule has 0 unspecified atom stereocenters. The van der Waals surface area contributed by atoms with Gasteiger partial charge in [-0.25, -0.2) is 4.98 Å². The first-order chi connectivity index (χ1) is 10.9. The second-order valence-electron chi connectivity index (χ2n) is 4.58. The van der Waals surface area contributed by atoms with Crippen LogP contribution in [0.3, 0.4) is 0 Å². The van der Waals surface area contributed by atoms with Crippen LogP contribution in [0.5, 0.6) is 11.5 Å². The maximum Gasteiger partial charge on any atom is 0.225 e. The molecule has 7 nitrogen and oxygen atoms in total. The Bertz CT molecular complexity index is 746. The molecule has 23 heavy (non-hydrogen) atoms. The molecule has 2 aromatic rings. The number of carbonyl (C=O) groups excluding carboxylic acids is 2. The fourth-order valence-corrected chi connectivity index (χ4v) is 3.53. The van der Waals surface area contributed by atoms with E-state index in [0.29, 0.717) is 14.9 Å². The summed E-state index contributed by atoms with van der Waals surface area (Å²) in [6, 6.07) is 2.63. The topological polar surface area (TPSA) is 112 Å². The van der Waals surface area contributed by atoms with Gasteiger partial charge in [-0.15, -0.1) is 11.3 Å². The summed E-state index contributed by atoms with van der Waals surface area (Å²) in [6.45, 7) is 1.31. The Morgan fingerprint density at radius 2 is 2.04 bits per heavy atom. The van der Waals surface area contributed by atoms with Gasteiger partial charge in [-0.2, -0.15) is 0 Å². The molecule has 0 atom stereocenters. The fourth-order valence-electron chi connectivity index (χ4n) is 1.69. The smallest absolute Gasteiger partial charge is 0.225 e. The molecule has 0 radical (unpaired) electrons. The maximum absolute atomic E-state index is 11.3. The van der Waals surface area contributed by atoms with E-state index in [-0.39, 0.29) is 35.4 Å². The molecule has 2 rings (SSSR count). The quantitative estimate of drug-likeness (QED) is 0.483. The Kier molecular flexibility index (Phi) is 5.45. The summed E-state index contributed by atoms with van der Waals surface area (Å²) in [5, 5.41) is 26.6. The van der Waals surface area contributed by atoms with E-state index in [2.05, 4.69) is 15.6 Å². The van der Waals surface area contributed by atoms with Gasteiger partial charge in [0.15, 0.2) is 4.34 Å². The van der Waals surface area contributed by atoms with E-state index >= 15 is 0 Å². The summed E-state index contributed by atoms with van der Waals surface area (Å²) in [4.78, 5) is 27.0. The number of phenolic OH excluding ortho intramolecular Hbond substituents is 2. The lowest BCUT2D eigenvalue weighted by atomic mass is 10.2. The van der Waals surface area contributed by atoms with Crippen molar-refractivity contribution in [2.75, 3.05) is 12.4 Å². The molecule has 4 N–H and O–H groups in total. The van der Waals surface area contributed by atoms with E-state index in [4.69, 9.17) is 0 Å². The van der Waals surface area contributed by atoms with Gasteiger partial charge in [-0.3, -0.25) is 9.59 Å². The summed E-state index contributed by atoms with van der Waals surface area (Å²) >= 11 is 2.50. The standard InChI is InChI=1S/C14H15N3O4S2/c1-7(18)16-9-4-11(20)12(5-10(9)19)23-14-17-8(6-22-14)3-13(21)15-2/h4-6,19-20H,3H2,1-2H3,(H,15,21)(H,16,18). The van der Waals surface area contributed by atoms with Crippen molar-refractivity contribution in [2.24, 2.45) is 0 Å². The molecule has 0 bridgehead atoms. The van der Waals surface area contributed by atoms with Gasteiger partial charge >= 0.3 is 0 Å². The summed E-state index contributed by atoms with van der Waals surface area (Å²) < 4.78 is 0.630. The highest BCUT2D eigenvalue weighted by Crippen LogP contribution is 2.41. The monoisotopic (exact) mass is 353 g/mol. The van der Waals surface area contributed by atoms with Gasteiger partial charge in [-0.05, 0) is 6.07 Å². The predicted octanol–water partition coefficient (Wildman–Crippen LogP) is 1.95. The summed E-state index contributed by atoms with van der Waals surface area (Å²) in [6.07, 6.45) is 0.187. The van der Waals surface area contributed by atoms with Crippen molar-refractivity contribution in [3.63, 3.8) is 0 Å². The van der Waals surface area contributed by atoms with Crippen molar-refractivity contribution in [2.45, 2.75) is 22.6 Å². The average molecular weight is 353 g/mol. The van der Waals surface area contributed by atoms with Crippen LogP contribution in [0.15, 0.2) is 26.7 Å². The van der Waals surface area contributed by atoms with E-state index in [1.165, 1.54) is 30.4 Å². The van der Waals surface area contributed by atoms with Crippen LogP contribution in [0.25, 0.3) is 0 Å². The van der Waals surface area contributed by atoms with Gasteiger partial charge in [0, 0.05) is 25.4 Å². The first-order valence-corrected chi connectivity index (χ1v) is 8.25. The minimum absolute atomic E-state index is 0.0837. The van der Waals surface area contributed by atoms with Gasteiger partial charge in [-0.1, -0.05) is 11.8 Å². The number of aromatic hydroxyl groups is 2. The summed E-state index contributed by atoms with van der Waals surface area (Å²) in [7, 11) is 1.56. The Labute approximate surface area is 140 Å². The average Bonchev–Trinajstić information content (AvgIpc) is 2.90. The van der Waals surface area contributed by atoms with Crippen LogP contribution < -0.4 is 10.6 Å². The highest BCUT2D eigenvalue weighted by Gasteiger charge is 2.13. The van der Waals surface area contributed by atoms with Crippen LogP contribution in [0.1, 0.15) is 12.6 Å². The lowest BCUT2D eigenvalue weighted by Gasteiger charge is -2.09. The molecular formula is C14H15N3O4S2. The number of thiazole rings is 1. The number of phenols is 2. The fraction of sp³-hybridized carbons (Fsp3) is 0.214. The Morgan fingerprint density at radius 1 is 1.30 bits per heavy atom. The molecule has 0 spiro atoms. The number of amides is 2. The SMILES string of the molecule is CNC(=O)Cc1csc(Sc2cc(O)c(NC(C)=O)cc2O)n1. The first-order valence-electron chi connectivity index (χ1n) is 6.55. The molecule has 1 aromatic carbocycles. The van der Waals surface area contributed by atoms with Gasteiger partial charge in [0.25, 0.3) is 0 Å². The second kappa shape index (κ2) is 7.34. The number of nitrogens with zero attached hydrogens (tertiary/aromatic N) is 1. The number of aromatic nitrogens is 1. The van der Waals surface area contributed by atoms with E-state index in [0.717, 1.165) is 11.8 Å². The third kappa shape index (κ3) is 4.60. The zero-order valence-electron chi connectivity index (χ0n) is 12.4. The van der Waals surface area contributed by atoms with Gasteiger partial charge in [0.05, 0.1) is 22.7 Å². The molecule has 1 aromatic heterocycles. The number of hydrogen-bond donors (Lipinski definition) is 4. The lowest BCUT2D eigenvalue weighted by molar-refractivity contribution is -0.120. The van der Waals surface area contributed by atoms with Gasteiger partial charge in [0.1, 0.15) is 11.5 Å². The summed E-state index contributed by atoms with van der Waals surface area (Å²) in [5.41, 5.74) is 0.772. The Balaban J connectivity index is 2.15. The largest absolute Gasteiger partial charge is 0.507 e. The molecule has 122 valence electrons. The van der Waals surface area contributed by atoms with Crippen LogP contribution in [0.2, 0.25) is 0 Å². The van der Waals surface area contributed by atoms with E-state index in [1.807, 2.05) is 0 Å². The molecule has 0 saturated carbocycles. The molecule has 9 heteroatoms. The predicted molar refractivity (Wildman–Crippen MR) is 88.1 cm³/mol. The Hall–Kier alpha value is -2.26. The van der Waals surface area contributed by atoms with E-state index < -0.39 is 0 Å². The number of rotatable bonds is 5. The van der Waals surface area contributed by atoms with Crippen molar-refractivity contribution in [1.82, 2.24) is 10.3 Å². The second-order valence-corrected chi connectivity index (χ2v) is 6.72. The minimum Gasteiger partial charge on any atom is -0.507 e. The van der Waals surface area contributed by atoms with Crippen molar-refractivity contribution in [3.05, 3.63) is 23.2 Å². The normalized spacial score (nSPS) is 10.3. The van der Waals surface area contributed by atoms with Gasteiger partial charge in [0.2, 0.25) is 11.8 Å². The van der Waals surface area contributed by atoms with Crippen LogP contribution in [-0.4, -0.2) is 34.1 Å². The number of anilines is 1. The Morgan fingerprint density at radius 3 is 2.70 bits per heavy atom. The molecule has 0 fully saturated rings. The van der Waals surface area contributed by atoms with Crippen LogP contribution in [0, 0.1) is 0 Å². The molecule has 1 heterocycles. The van der Waals surface area contributed by atoms with E-state index in [1.54, 1.807) is 12.4 Å². The van der Waals surface area contributed by atoms with E-state index in [9.17, 15) is 19.8 Å². The number of benzene rings is 1. The minimum atomic E-state index is -0.348. The molecule has 0 aliphatic heterocycles. The van der Waals surface area contributed by atoms with Crippen LogP contribution in [0.4, 0.5) is 5.69 Å². The van der Waals surface area contributed by atoms with Crippen molar-refractivity contribution in [1.29, 1.82) is 0 Å². The number of likely N-dealkylation sites (N-methyl/N-ethyl adjacent to an activating group) is 1. The number of hydrogen-bond acceptors (Lipinski definition) is 7. The highest BCUT2D eigenvalue weighted by atomic mass is 32.2.